The molecule has 0 aliphatic carbocycles. The predicted octanol–water partition coefficient (Wildman–Crippen LogP) is 5.72. The first-order valence-electron chi connectivity index (χ1n) is 11.9. The number of hydrogen-bond donors (Lipinski definition) is 1. The van der Waals surface area contributed by atoms with Crippen LogP contribution in [-0.4, -0.2) is 38.4 Å². The van der Waals surface area contributed by atoms with Crippen molar-refractivity contribution in [3.63, 3.8) is 0 Å². The topological polar surface area (TPSA) is 95.5 Å². The van der Waals surface area contributed by atoms with Crippen LogP contribution in [-0.2, 0) is 11.2 Å². The molecule has 0 unspecified atom stereocenters. The summed E-state index contributed by atoms with van der Waals surface area (Å²) in [6.07, 6.45) is 4.76. The number of carbonyl (C=O) groups excluding carboxylic acids is 2. The van der Waals surface area contributed by atoms with Crippen molar-refractivity contribution in [2.24, 2.45) is 5.10 Å². The summed E-state index contributed by atoms with van der Waals surface area (Å²) >= 11 is 3.40. The highest BCUT2D eigenvalue weighted by Crippen LogP contribution is 2.28. The molecule has 0 radical (unpaired) electrons. The number of carbonyl (C=O) groups is 2. The number of nitrogens with zero attached hydrogens (tertiary/aromatic N) is 1. The number of hydrogen-bond acceptors (Lipinski definition) is 7. The van der Waals surface area contributed by atoms with Crippen LogP contribution in [0.4, 0.5) is 0 Å². The summed E-state index contributed by atoms with van der Waals surface area (Å²) in [5.74, 6) is 0.910. The van der Waals surface area contributed by atoms with Crippen molar-refractivity contribution in [2.45, 2.75) is 19.8 Å². The maximum Gasteiger partial charge on any atom is 0.343 e. The lowest BCUT2D eigenvalue weighted by molar-refractivity contribution is -0.123. The third kappa shape index (κ3) is 8.48. The van der Waals surface area contributed by atoms with Gasteiger partial charge in [0.15, 0.2) is 18.1 Å². The minimum atomic E-state index is -0.533. The Balaban J connectivity index is 1.60. The molecule has 0 aliphatic heterocycles. The third-order valence-corrected chi connectivity index (χ3v) is 5.59. The standard InChI is InChI=1S/C29H29BrN2O6/c1-4-6-20-7-13-26(27(16-20)35-3)37-19-28(33)32-31-18-22-17-23(30)10-14-25(22)38-29(34)21-8-11-24(12-9-21)36-15-5-2/h4,7-14,16-18H,1,5-6,15,19H2,2-3H3,(H,32,33)/b31-18+. The molecule has 3 aromatic rings. The van der Waals surface area contributed by atoms with Gasteiger partial charge in [0, 0.05) is 10.0 Å². The Morgan fingerprint density at radius 1 is 1.00 bits per heavy atom. The fourth-order valence-corrected chi connectivity index (χ4v) is 3.63. The maximum absolute atomic E-state index is 12.7. The van der Waals surface area contributed by atoms with Gasteiger partial charge in [-0.05, 0) is 73.0 Å². The van der Waals surface area contributed by atoms with Crippen molar-refractivity contribution in [3.05, 3.63) is 94.5 Å². The molecule has 1 amide bonds. The number of amides is 1. The Kier molecular flexibility index (Phi) is 10.9. The van der Waals surface area contributed by atoms with Gasteiger partial charge in [-0.25, -0.2) is 10.2 Å². The van der Waals surface area contributed by atoms with E-state index in [9.17, 15) is 9.59 Å². The lowest BCUT2D eigenvalue weighted by atomic mass is 10.1. The molecule has 0 aromatic heterocycles. The van der Waals surface area contributed by atoms with Gasteiger partial charge in [0.05, 0.1) is 25.5 Å². The SMILES string of the molecule is C=CCc1ccc(OCC(=O)N/N=C/c2cc(Br)ccc2OC(=O)c2ccc(OCCC)cc2)c(OC)c1. The fraction of sp³-hybridized carbons (Fsp3) is 0.207. The quantitative estimate of drug-likeness (QED) is 0.0912. The minimum Gasteiger partial charge on any atom is -0.494 e. The van der Waals surface area contributed by atoms with Crippen LogP contribution in [0.25, 0.3) is 0 Å². The van der Waals surface area contributed by atoms with Crippen molar-refractivity contribution in [2.75, 3.05) is 20.3 Å². The Morgan fingerprint density at radius 3 is 2.47 bits per heavy atom. The van der Waals surface area contributed by atoms with E-state index in [1.807, 2.05) is 19.1 Å². The second kappa shape index (κ2) is 14.6. The van der Waals surface area contributed by atoms with Crippen molar-refractivity contribution in [1.82, 2.24) is 5.43 Å². The molecule has 0 aliphatic rings. The zero-order valence-electron chi connectivity index (χ0n) is 21.2. The summed E-state index contributed by atoms with van der Waals surface area (Å²) in [6.45, 7) is 6.07. The zero-order valence-corrected chi connectivity index (χ0v) is 22.8. The molecule has 0 heterocycles. The molecule has 0 spiro atoms. The molecule has 0 bridgehead atoms. The molecular weight excluding hydrogens is 552 g/mol. The van der Waals surface area contributed by atoms with Gasteiger partial charge in [-0.2, -0.15) is 5.10 Å². The van der Waals surface area contributed by atoms with E-state index in [1.54, 1.807) is 54.6 Å². The van der Waals surface area contributed by atoms with Crippen LogP contribution in [0.15, 0.2) is 82.9 Å². The van der Waals surface area contributed by atoms with Gasteiger partial charge in [-0.15, -0.1) is 6.58 Å². The van der Waals surface area contributed by atoms with Gasteiger partial charge in [-0.1, -0.05) is 35.0 Å². The number of methoxy groups -OCH3 is 1. The molecule has 0 fully saturated rings. The van der Waals surface area contributed by atoms with Crippen molar-refractivity contribution >= 4 is 34.0 Å². The molecule has 198 valence electrons. The van der Waals surface area contributed by atoms with Crippen LogP contribution < -0.4 is 24.4 Å². The molecule has 38 heavy (non-hydrogen) atoms. The van der Waals surface area contributed by atoms with Gasteiger partial charge >= 0.3 is 5.97 Å². The van der Waals surface area contributed by atoms with Crippen LogP contribution in [0.2, 0.25) is 0 Å². The van der Waals surface area contributed by atoms with E-state index in [1.165, 1.54) is 13.3 Å². The molecule has 3 rings (SSSR count). The van der Waals surface area contributed by atoms with Crippen molar-refractivity contribution < 1.29 is 28.5 Å². The second-order valence-corrected chi connectivity index (χ2v) is 8.92. The molecule has 1 N–H and O–H groups in total. The zero-order chi connectivity index (χ0) is 27.3. The molecular formula is C29H29BrN2O6. The number of halogens is 1. The number of allylic oxidation sites excluding steroid dienone is 1. The van der Waals surface area contributed by atoms with E-state index >= 15 is 0 Å². The monoisotopic (exact) mass is 580 g/mol. The average molecular weight is 581 g/mol. The average Bonchev–Trinajstić information content (AvgIpc) is 2.92. The Bertz CT molecular complexity index is 1290. The van der Waals surface area contributed by atoms with E-state index in [4.69, 9.17) is 18.9 Å². The van der Waals surface area contributed by atoms with Gasteiger partial charge in [0.25, 0.3) is 5.91 Å². The number of esters is 1. The normalized spacial score (nSPS) is 10.6. The molecule has 3 aromatic carbocycles. The van der Waals surface area contributed by atoms with Crippen LogP contribution in [0.3, 0.4) is 0 Å². The number of ether oxygens (including phenoxy) is 4. The van der Waals surface area contributed by atoms with Crippen LogP contribution in [0.5, 0.6) is 23.0 Å². The minimum absolute atomic E-state index is 0.271. The van der Waals surface area contributed by atoms with Crippen molar-refractivity contribution in [3.8, 4) is 23.0 Å². The summed E-state index contributed by atoms with van der Waals surface area (Å²) in [5.41, 5.74) is 4.28. The number of benzene rings is 3. The highest BCUT2D eigenvalue weighted by Gasteiger charge is 2.13. The summed E-state index contributed by atoms with van der Waals surface area (Å²) < 4.78 is 22.8. The van der Waals surface area contributed by atoms with E-state index in [0.717, 1.165) is 16.5 Å². The maximum atomic E-state index is 12.7. The molecule has 9 heteroatoms. The lowest BCUT2D eigenvalue weighted by Crippen LogP contribution is -2.24. The molecule has 0 atom stereocenters. The summed E-state index contributed by atoms with van der Waals surface area (Å²) in [5, 5.41) is 3.98. The third-order valence-electron chi connectivity index (χ3n) is 5.10. The van der Waals surface area contributed by atoms with E-state index in [2.05, 4.69) is 33.0 Å². The Labute approximate surface area is 230 Å². The fourth-order valence-electron chi connectivity index (χ4n) is 3.25. The van der Waals surface area contributed by atoms with Gasteiger partial charge < -0.3 is 18.9 Å². The van der Waals surface area contributed by atoms with Crippen molar-refractivity contribution in [1.29, 1.82) is 0 Å². The summed E-state index contributed by atoms with van der Waals surface area (Å²) in [6, 6.07) is 17.3. The summed E-state index contributed by atoms with van der Waals surface area (Å²) in [4.78, 5) is 24.9. The summed E-state index contributed by atoms with van der Waals surface area (Å²) in [7, 11) is 1.53. The van der Waals surface area contributed by atoms with E-state index < -0.39 is 11.9 Å². The van der Waals surface area contributed by atoms with Crippen LogP contribution in [0.1, 0.15) is 34.8 Å². The smallest absolute Gasteiger partial charge is 0.343 e. The number of rotatable bonds is 13. The van der Waals surface area contributed by atoms with E-state index in [-0.39, 0.29) is 12.4 Å². The highest BCUT2D eigenvalue weighted by atomic mass is 79.9. The second-order valence-electron chi connectivity index (χ2n) is 8.00. The highest BCUT2D eigenvalue weighted by molar-refractivity contribution is 9.10. The van der Waals surface area contributed by atoms with Crippen LogP contribution >= 0.6 is 15.9 Å². The van der Waals surface area contributed by atoms with E-state index in [0.29, 0.717) is 41.4 Å². The number of hydrazone groups is 1. The molecule has 0 saturated heterocycles. The van der Waals surface area contributed by atoms with Gasteiger partial charge in [0.2, 0.25) is 0 Å². The lowest BCUT2D eigenvalue weighted by Gasteiger charge is -2.11. The Hall–Kier alpha value is -4.11. The van der Waals surface area contributed by atoms with Gasteiger partial charge in [-0.3, -0.25) is 4.79 Å². The first kappa shape index (κ1) is 28.5. The van der Waals surface area contributed by atoms with Crippen LogP contribution in [0, 0.1) is 0 Å². The Morgan fingerprint density at radius 2 is 1.76 bits per heavy atom. The molecule has 8 nitrogen and oxygen atoms in total. The first-order chi connectivity index (χ1) is 18.4. The number of nitrogens with one attached hydrogen (secondary N) is 1. The molecule has 0 saturated carbocycles. The first-order valence-corrected chi connectivity index (χ1v) is 12.7. The largest absolute Gasteiger partial charge is 0.494 e. The van der Waals surface area contributed by atoms with Gasteiger partial charge in [0.1, 0.15) is 11.5 Å². The predicted molar refractivity (Wildman–Crippen MR) is 149 cm³/mol.